The fourth-order valence-corrected chi connectivity index (χ4v) is 8.57. The van der Waals surface area contributed by atoms with Gasteiger partial charge in [0.15, 0.2) is 0 Å². The van der Waals surface area contributed by atoms with Gasteiger partial charge in [-0.05, 0) is 74.2 Å². The Morgan fingerprint density at radius 3 is 1.19 bits per heavy atom. The molecule has 6 aromatic rings. The van der Waals surface area contributed by atoms with Crippen LogP contribution in [0.15, 0.2) is 84.9 Å². The lowest BCUT2D eigenvalue weighted by molar-refractivity contribution is -0.275. The number of pyridine rings is 2. The zero-order chi connectivity index (χ0) is 53.1. The first-order chi connectivity index (χ1) is 35.4. The molecular weight excluding hydrogens is 979 g/mol. The largest absolute Gasteiger partial charge is 0.573 e. The molecule has 74 heavy (non-hydrogen) atoms. The molecule has 2 heterocycles. The molecule has 2 amide bonds. The van der Waals surface area contributed by atoms with Gasteiger partial charge in [-0.3, -0.25) is 29.0 Å². The van der Waals surface area contributed by atoms with Gasteiger partial charge in [0.1, 0.15) is 11.5 Å². The lowest BCUT2D eigenvalue weighted by Crippen LogP contribution is -2.46. The summed E-state index contributed by atoms with van der Waals surface area (Å²) in [5, 5.41) is 34.0. The number of carboxylic acid groups (broad SMARTS) is 2. The van der Waals surface area contributed by atoms with Crippen LogP contribution in [-0.4, -0.2) is 132 Å². The van der Waals surface area contributed by atoms with Crippen LogP contribution in [0.2, 0.25) is 0 Å². The number of aromatic nitrogens is 2. The number of rotatable bonds is 31. The zero-order valence-corrected chi connectivity index (χ0v) is 40.6. The molecular formula is C52H60F6N8O8. The van der Waals surface area contributed by atoms with E-state index in [9.17, 15) is 55.7 Å². The zero-order valence-electron chi connectivity index (χ0n) is 40.6. The van der Waals surface area contributed by atoms with Crippen LogP contribution in [0.1, 0.15) is 64.2 Å². The van der Waals surface area contributed by atoms with Gasteiger partial charge in [-0.1, -0.05) is 74.9 Å². The van der Waals surface area contributed by atoms with Gasteiger partial charge in [0, 0.05) is 60.8 Å². The molecule has 0 saturated heterocycles. The van der Waals surface area contributed by atoms with Crippen molar-refractivity contribution in [1.82, 2.24) is 30.4 Å². The smallest absolute Gasteiger partial charge is 0.480 e. The van der Waals surface area contributed by atoms with Gasteiger partial charge in [-0.2, -0.15) is 0 Å². The van der Waals surface area contributed by atoms with Crippen LogP contribution in [0.3, 0.4) is 0 Å². The number of hydrogen-bond acceptors (Lipinski definition) is 12. The van der Waals surface area contributed by atoms with E-state index in [1.165, 1.54) is 46.2 Å². The second-order valence-electron chi connectivity index (χ2n) is 17.8. The molecule has 0 spiro atoms. The number of amides is 2. The number of unbranched alkanes of at least 4 members (excludes halogenated alkanes) is 8. The number of hydrogen-bond donors (Lipinski definition) is 6. The summed E-state index contributed by atoms with van der Waals surface area (Å²) in [5.41, 5.74) is 3.77. The molecule has 0 aliphatic carbocycles. The van der Waals surface area contributed by atoms with Crippen LogP contribution in [0.5, 0.6) is 11.5 Å². The number of benzene rings is 4. The monoisotopic (exact) mass is 1040 g/mol. The highest BCUT2D eigenvalue weighted by atomic mass is 19.4. The molecule has 4 aromatic carbocycles. The number of carbonyl (C=O) groups excluding carboxylic acids is 2. The van der Waals surface area contributed by atoms with Gasteiger partial charge in [-0.25, -0.2) is 9.97 Å². The number of nitrogens with one attached hydrogen (secondary N) is 4. The highest BCUT2D eigenvalue weighted by Gasteiger charge is 2.32. The van der Waals surface area contributed by atoms with Crippen molar-refractivity contribution in [1.29, 1.82) is 0 Å². The maximum absolute atomic E-state index is 13.0. The molecule has 0 saturated carbocycles. The van der Waals surface area contributed by atoms with Gasteiger partial charge >= 0.3 is 24.7 Å². The van der Waals surface area contributed by atoms with Crippen LogP contribution in [-0.2, 0) is 19.2 Å². The Balaban J connectivity index is 0.847. The molecule has 0 aliphatic heterocycles. The lowest BCUT2D eigenvalue weighted by atomic mass is 10.1. The number of nitrogens with zero attached hydrogens (tertiary/aromatic N) is 4. The molecule has 6 rings (SSSR count). The summed E-state index contributed by atoms with van der Waals surface area (Å²) in [7, 11) is 0. The Morgan fingerprint density at radius 1 is 0.459 bits per heavy atom. The Bertz CT molecular complexity index is 2660. The minimum absolute atomic E-state index is 0.0118. The summed E-state index contributed by atoms with van der Waals surface area (Å²) in [6.07, 6.45) is -1.82. The molecule has 22 heteroatoms. The first-order valence-electron chi connectivity index (χ1n) is 24.5. The van der Waals surface area contributed by atoms with Crippen LogP contribution >= 0.6 is 0 Å². The number of para-hydroxylation sites is 2. The van der Waals surface area contributed by atoms with Gasteiger partial charge in [0.2, 0.25) is 11.8 Å². The number of fused-ring (bicyclic) bond motifs is 4. The van der Waals surface area contributed by atoms with Crippen LogP contribution in [0, 0.1) is 0 Å². The minimum Gasteiger partial charge on any atom is -0.480 e. The van der Waals surface area contributed by atoms with Crippen molar-refractivity contribution in [2.75, 3.05) is 76.1 Å². The summed E-state index contributed by atoms with van der Waals surface area (Å²) >= 11 is 0. The van der Waals surface area contributed by atoms with Crippen molar-refractivity contribution in [3.8, 4) is 11.5 Å². The first-order valence-corrected chi connectivity index (χ1v) is 24.5. The van der Waals surface area contributed by atoms with E-state index in [2.05, 4.69) is 40.7 Å². The topological polar surface area (TPSA) is 208 Å². The van der Waals surface area contributed by atoms with Gasteiger partial charge in [0.05, 0.1) is 59.6 Å². The number of anilines is 2. The Hall–Kier alpha value is -7.20. The Morgan fingerprint density at radius 2 is 0.811 bits per heavy atom. The van der Waals surface area contributed by atoms with Crippen LogP contribution in [0.25, 0.3) is 43.6 Å². The number of halogens is 6. The molecule has 0 atom stereocenters. The molecule has 16 nitrogen and oxygen atoms in total. The second kappa shape index (κ2) is 27.2. The predicted molar refractivity (Wildman–Crippen MR) is 269 cm³/mol. The number of carbonyl (C=O) groups is 4. The van der Waals surface area contributed by atoms with Crippen LogP contribution in [0.4, 0.5) is 37.7 Å². The SMILES string of the molecule is O=C(O)CN(CCN(CC(=O)O)CC(=O)NCCCCCCCNc1c2ccccc2nc2ccc(OC(F)(F)F)cc12)CC(=O)NCCCCCCCNc1c2ccccc2nc2ccc(OC(F)(F)F)cc12. The molecule has 0 bridgehead atoms. The second-order valence-corrected chi connectivity index (χ2v) is 17.8. The van der Waals surface area contributed by atoms with E-state index in [0.29, 0.717) is 83.2 Å². The van der Waals surface area contributed by atoms with Crippen LogP contribution < -0.4 is 30.7 Å². The third-order valence-electron chi connectivity index (χ3n) is 11.9. The van der Waals surface area contributed by atoms with E-state index in [1.807, 2.05) is 48.5 Å². The molecule has 0 aliphatic rings. The molecule has 6 N–H and O–H groups in total. The minimum atomic E-state index is -4.83. The van der Waals surface area contributed by atoms with Crippen molar-refractivity contribution in [2.45, 2.75) is 76.9 Å². The maximum atomic E-state index is 13.0. The fourth-order valence-electron chi connectivity index (χ4n) is 8.57. The van der Waals surface area contributed by atoms with E-state index in [1.54, 1.807) is 0 Å². The molecule has 0 unspecified atom stereocenters. The normalized spacial score (nSPS) is 11.9. The first kappa shape index (κ1) is 56.1. The van der Waals surface area contributed by atoms with Crippen molar-refractivity contribution in [3.63, 3.8) is 0 Å². The van der Waals surface area contributed by atoms with Gasteiger partial charge in [0.25, 0.3) is 0 Å². The number of alkyl halides is 6. The number of aliphatic carboxylic acids is 2. The highest BCUT2D eigenvalue weighted by Crippen LogP contribution is 2.36. The third-order valence-corrected chi connectivity index (χ3v) is 11.9. The van der Waals surface area contributed by atoms with Gasteiger partial charge < -0.3 is 41.0 Å². The van der Waals surface area contributed by atoms with Crippen molar-refractivity contribution >= 4 is 78.7 Å². The third kappa shape index (κ3) is 18.4. The van der Waals surface area contributed by atoms with Gasteiger partial charge in [-0.15, -0.1) is 26.3 Å². The van der Waals surface area contributed by atoms with E-state index in [4.69, 9.17) is 0 Å². The van der Waals surface area contributed by atoms with Crippen molar-refractivity contribution in [2.24, 2.45) is 0 Å². The lowest BCUT2D eigenvalue weighted by Gasteiger charge is -2.25. The summed E-state index contributed by atoms with van der Waals surface area (Å²) in [6, 6.07) is 22.8. The van der Waals surface area contributed by atoms with Crippen molar-refractivity contribution in [3.05, 3.63) is 84.9 Å². The average Bonchev–Trinajstić information content (AvgIpc) is 3.32. The molecule has 2 aromatic heterocycles. The Kier molecular flexibility index (Phi) is 20.6. The molecule has 398 valence electrons. The number of carboxylic acids is 2. The van der Waals surface area contributed by atoms with E-state index >= 15 is 0 Å². The Labute approximate surface area is 422 Å². The molecule has 0 radical (unpaired) electrons. The summed E-state index contributed by atoms with van der Waals surface area (Å²) in [4.78, 5) is 60.9. The van der Waals surface area contributed by atoms with E-state index in [-0.39, 0.29) is 37.7 Å². The van der Waals surface area contributed by atoms with E-state index in [0.717, 1.165) is 62.1 Å². The average molecular weight is 1040 g/mol. The predicted octanol–water partition coefficient (Wildman–Crippen LogP) is 9.32. The number of ether oxygens (including phenoxy) is 2. The fraction of sp³-hybridized carbons (Fsp3) is 0.423. The molecule has 0 fully saturated rings. The summed E-state index contributed by atoms with van der Waals surface area (Å²) in [6.45, 7) is 0.396. The summed E-state index contributed by atoms with van der Waals surface area (Å²) in [5.74, 6) is -3.83. The van der Waals surface area contributed by atoms with Crippen molar-refractivity contribution < 1.29 is 65.2 Å². The highest BCUT2D eigenvalue weighted by molar-refractivity contribution is 6.09. The van der Waals surface area contributed by atoms with E-state index < -0.39 is 49.6 Å². The maximum Gasteiger partial charge on any atom is 0.573 e. The standard InChI is InChI=1S/C52H60F6N8O8/c53-51(54,55)73-35-19-21-43-39(29-35)49(37-15-7-9-17-41(37)63-43)61-25-13-5-1-3-11-23-59-45(67)31-65(33-47(69)70)27-28-66(34-48(71)72)32-46(68)60-24-12-4-2-6-14-26-62-50-38-16-8-10-18-42(38)64-44-22-20-36(30-40(44)50)74-52(56,57)58/h7-10,15-22,29-30H,1-6,11-14,23-28,31-34H2,(H,59,67)(H,60,68)(H,61,63)(H,62,64)(H,69,70)(H,71,72). The quantitative estimate of drug-likeness (QED) is 0.0136. The summed E-state index contributed by atoms with van der Waals surface area (Å²) < 4.78 is 86.0.